The van der Waals surface area contributed by atoms with Crippen LogP contribution in [0.25, 0.3) is 22.2 Å². The van der Waals surface area contributed by atoms with Gasteiger partial charge in [0.1, 0.15) is 29.6 Å². The molecule has 2 aliphatic carbocycles. The lowest BCUT2D eigenvalue weighted by atomic mass is 9.93. The largest absolute Gasteiger partial charge is 0.360 e. The number of hydrogen-bond acceptors (Lipinski definition) is 4. The zero-order chi connectivity index (χ0) is 33.6. The highest BCUT2D eigenvalue weighted by atomic mass is 19.3. The maximum absolute atomic E-state index is 15.4. The second-order valence-electron chi connectivity index (χ2n) is 12.6. The summed E-state index contributed by atoms with van der Waals surface area (Å²) in [7, 11) is 0. The molecule has 8 nitrogen and oxygen atoms in total. The van der Waals surface area contributed by atoms with Gasteiger partial charge in [-0.3, -0.25) is 14.3 Å². The first-order valence-corrected chi connectivity index (χ1v) is 15.3. The number of fused-ring (bicyclic) bond motifs is 5. The lowest BCUT2D eigenvalue weighted by molar-refractivity contribution is -0.123. The summed E-state index contributed by atoms with van der Waals surface area (Å²) in [6.45, 7) is 1.13. The Hall–Kier alpha value is -5.14. The first kappa shape index (κ1) is 30.2. The van der Waals surface area contributed by atoms with Crippen molar-refractivity contribution in [2.24, 2.45) is 11.8 Å². The molecule has 246 valence electrons. The molecule has 3 N–H and O–H groups in total. The zero-order valence-electron chi connectivity index (χ0n) is 25.1. The van der Waals surface area contributed by atoms with E-state index in [2.05, 4.69) is 20.7 Å². The van der Waals surface area contributed by atoms with Crippen molar-refractivity contribution in [2.45, 2.75) is 50.7 Å². The molecule has 4 heterocycles. The predicted molar refractivity (Wildman–Crippen MR) is 160 cm³/mol. The van der Waals surface area contributed by atoms with E-state index >= 15 is 8.78 Å². The summed E-state index contributed by atoms with van der Waals surface area (Å²) >= 11 is 0. The highest BCUT2D eigenvalue weighted by Gasteiger charge is 2.71. The average Bonchev–Trinajstić information content (AvgIpc) is 3.43. The molecule has 8 rings (SSSR count). The smallest absolute Gasteiger partial charge is 0.293 e. The highest BCUT2D eigenvalue weighted by Crippen LogP contribution is 2.71. The summed E-state index contributed by atoms with van der Waals surface area (Å²) in [5, 5.41) is 9.29. The van der Waals surface area contributed by atoms with Crippen LogP contribution in [0.2, 0.25) is 0 Å². The molecule has 3 aromatic heterocycles. The standard InChI is InChI=1S/C34H26F6N6O2/c1-14-26-27-30(32(37)38)45-46(31(27)34(39,40)28(14)26)13-25(47)43-24(8-15-6-18(35)10-19(36)7-15)29-20(11-23-22(44-29)4-5-41-23)16-2-3-17-12-42-33(48)21(17)9-16/h2-7,9-11,14,24,26,28,32,41H,8,12-13H2,1H3,(H,42,48)(H,43,47)/t14-,24?,26?,28?/m1/s1. The van der Waals surface area contributed by atoms with Gasteiger partial charge in [-0.25, -0.2) is 22.5 Å². The molecule has 2 aromatic carbocycles. The van der Waals surface area contributed by atoms with Crippen molar-refractivity contribution in [3.63, 3.8) is 0 Å². The number of H-pyrrole nitrogens is 1. The molecule has 2 amide bonds. The molecule has 0 spiro atoms. The van der Waals surface area contributed by atoms with Gasteiger partial charge in [-0.1, -0.05) is 19.1 Å². The number of halogens is 6. The van der Waals surface area contributed by atoms with Crippen LogP contribution in [0, 0.1) is 23.5 Å². The molecule has 0 saturated heterocycles. The number of nitrogens with one attached hydrogen (secondary N) is 3. The zero-order valence-corrected chi connectivity index (χ0v) is 25.1. The minimum Gasteiger partial charge on any atom is -0.360 e. The fourth-order valence-electron chi connectivity index (χ4n) is 7.50. The molecule has 1 saturated carbocycles. The van der Waals surface area contributed by atoms with Gasteiger partial charge in [0.05, 0.1) is 22.8 Å². The number of pyridine rings is 1. The maximum atomic E-state index is 15.4. The van der Waals surface area contributed by atoms with Crippen molar-refractivity contribution in [1.82, 2.24) is 30.4 Å². The van der Waals surface area contributed by atoms with Crippen LogP contribution < -0.4 is 10.6 Å². The number of carbonyl (C=O) groups excluding carboxylic acids is 2. The number of alkyl halides is 4. The van der Waals surface area contributed by atoms with E-state index in [1.165, 1.54) is 0 Å². The van der Waals surface area contributed by atoms with Crippen LogP contribution in [0.4, 0.5) is 26.3 Å². The summed E-state index contributed by atoms with van der Waals surface area (Å²) in [5.74, 6) is -8.67. The van der Waals surface area contributed by atoms with Crippen molar-refractivity contribution in [3.8, 4) is 11.1 Å². The Kier molecular flexibility index (Phi) is 6.73. The minimum atomic E-state index is -3.45. The number of carbonyl (C=O) groups is 2. The third-order valence-electron chi connectivity index (χ3n) is 9.66. The van der Waals surface area contributed by atoms with Gasteiger partial charge in [-0.05, 0) is 59.4 Å². The molecule has 0 bridgehead atoms. The number of nitrogens with zero attached hydrogens (tertiary/aromatic N) is 3. The number of hydrogen-bond donors (Lipinski definition) is 3. The van der Waals surface area contributed by atoms with Crippen LogP contribution in [0.15, 0.2) is 54.7 Å². The SMILES string of the molecule is C[C@@H]1C2c3c(C(F)F)nn(CC(=O)NC(Cc4cc(F)cc(F)c4)c4nc5cc[nH]c5cc4-c4ccc5c(c4)C(=O)NC5)c3C(F)(F)C21. The van der Waals surface area contributed by atoms with Crippen LogP contribution >= 0.6 is 0 Å². The topological polar surface area (TPSA) is 105 Å². The van der Waals surface area contributed by atoms with E-state index in [1.807, 2.05) is 0 Å². The summed E-state index contributed by atoms with van der Waals surface area (Å²) in [6, 6.07) is 10.5. The Balaban J connectivity index is 1.21. The molecular weight excluding hydrogens is 638 g/mol. The van der Waals surface area contributed by atoms with Gasteiger partial charge in [-0.15, -0.1) is 0 Å². The molecule has 1 aliphatic heterocycles. The number of benzene rings is 2. The van der Waals surface area contributed by atoms with E-state index in [1.54, 1.807) is 43.5 Å². The summed E-state index contributed by atoms with van der Waals surface area (Å²) in [4.78, 5) is 34.0. The summed E-state index contributed by atoms with van der Waals surface area (Å²) in [6.07, 6.45) is -1.64. The van der Waals surface area contributed by atoms with Crippen molar-refractivity contribution in [2.75, 3.05) is 0 Å². The molecule has 0 radical (unpaired) electrons. The van der Waals surface area contributed by atoms with Crippen molar-refractivity contribution < 1.29 is 35.9 Å². The lowest BCUT2D eigenvalue weighted by Crippen LogP contribution is -2.35. The van der Waals surface area contributed by atoms with Gasteiger partial charge in [0.2, 0.25) is 5.91 Å². The average molecular weight is 665 g/mol. The van der Waals surface area contributed by atoms with Gasteiger partial charge < -0.3 is 15.6 Å². The summed E-state index contributed by atoms with van der Waals surface area (Å²) < 4.78 is 88.1. The van der Waals surface area contributed by atoms with E-state index in [-0.39, 0.29) is 29.1 Å². The molecule has 4 atom stereocenters. The summed E-state index contributed by atoms with van der Waals surface area (Å²) in [5.41, 5.74) is 2.19. The van der Waals surface area contributed by atoms with Crippen LogP contribution in [-0.4, -0.2) is 31.6 Å². The normalized spacial score (nSPS) is 20.8. The molecule has 1 fully saturated rings. The van der Waals surface area contributed by atoms with Gasteiger partial charge in [0.15, 0.2) is 0 Å². The Morgan fingerprint density at radius 1 is 1.06 bits per heavy atom. The number of aromatic amines is 1. The number of rotatable bonds is 8. The lowest BCUT2D eigenvalue weighted by Gasteiger charge is -2.23. The minimum absolute atomic E-state index is 0.161. The van der Waals surface area contributed by atoms with E-state index in [4.69, 9.17) is 4.98 Å². The van der Waals surface area contributed by atoms with E-state index in [9.17, 15) is 27.2 Å². The number of aromatic nitrogens is 4. The van der Waals surface area contributed by atoms with E-state index in [0.29, 0.717) is 45.0 Å². The molecule has 5 aromatic rings. The first-order valence-electron chi connectivity index (χ1n) is 15.3. The van der Waals surface area contributed by atoms with Crippen LogP contribution in [0.3, 0.4) is 0 Å². The van der Waals surface area contributed by atoms with Crippen LogP contribution in [0.1, 0.15) is 69.4 Å². The van der Waals surface area contributed by atoms with Crippen molar-refractivity contribution in [3.05, 3.63) is 106 Å². The maximum Gasteiger partial charge on any atom is 0.293 e. The Bertz CT molecular complexity index is 2140. The van der Waals surface area contributed by atoms with Gasteiger partial charge in [0, 0.05) is 47.3 Å². The van der Waals surface area contributed by atoms with Crippen molar-refractivity contribution in [1.29, 1.82) is 0 Å². The Morgan fingerprint density at radius 3 is 2.58 bits per heavy atom. The third kappa shape index (κ3) is 4.75. The van der Waals surface area contributed by atoms with E-state index in [0.717, 1.165) is 17.7 Å². The molecule has 3 unspecified atom stereocenters. The van der Waals surface area contributed by atoms with Crippen LogP contribution in [0.5, 0.6) is 0 Å². The predicted octanol–water partition coefficient (Wildman–Crippen LogP) is 6.44. The Labute approximate surface area is 268 Å². The second-order valence-corrected chi connectivity index (χ2v) is 12.6. The van der Waals surface area contributed by atoms with Crippen LogP contribution in [-0.2, 0) is 30.2 Å². The van der Waals surface area contributed by atoms with E-state index < -0.39 is 71.6 Å². The monoisotopic (exact) mass is 664 g/mol. The fraction of sp³-hybridized carbons (Fsp3) is 0.294. The molecule has 48 heavy (non-hydrogen) atoms. The van der Waals surface area contributed by atoms with Gasteiger partial charge >= 0.3 is 0 Å². The van der Waals surface area contributed by atoms with Gasteiger partial charge in [-0.2, -0.15) is 13.9 Å². The quantitative estimate of drug-likeness (QED) is 0.166. The Morgan fingerprint density at radius 2 is 1.83 bits per heavy atom. The highest BCUT2D eigenvalue weighted by molar-refractivity contribution is 5.99. The second kappa shape index (κ2) is 10.7. The number of amides is 2. The molecular formula is C34H26F6N6O2. The fourth-order valence-corrected chi connectivity index (χ4v) is 7.50. The van der Waals surface area contributed by atoms with Crippen molar-refractivity contribution >= 4 is 22.8 Å². The first-order chi connectivity index (χ1) is 22.9. The van der Waals surface area contributed by atoms with Gasteiger partial charge in [0.25, 0.3) is 18.3 Å². The third-order valence-corrected chi connectivity index (χ3v) is 9.66. The molecule has 3 aliphatic rings. The molecule has 14 heteroatoms.